The Balaban J connectivity index is 1.45. The minimum atomic E-state index is 0.128. The molecule has 1 aliphatic heterocycles. The van der Waals surface area contributed by atoms with Gasteiger partial charge in [-0.25, -0.2) is 0 Å². The summed E-state index contributed by atoms with van der Waals surface area (Å²) in [7, 11) is 0. The molecular formula is C25H30N4O2. The van der Waals surface area contributed by atoms with Gasteiger partial charge in [0.2, 0.25) is 5.91 Å². The maximum Gasteiger partial charge on any atom is 0.244 e. The number of benzene rings is 2. The largest absolute Gasteiger partial charge is 0.494 e. The summed E-state index contributed by atoms with van der Waals surface area (Å²) in [6, 6.07) is 18.7. The van der Waals surface area contributed by atoms with Crippen LogP contribution < -0.4 is 9.64 Å². The molecule has 1 amide bonds. The van der Waals surface area contributed by atoms with E-state index in [1.807, 2.05) is 43.9 Å². The van der Waals surface area contributed by atoms with Crippen molar-refractivity contribution < 1.29 is 9.53 Å². The third-order valence-corrected chi connectivity index (χ3v) is 5.72. The predicted molar refractivity (Wildman–Crippen MR) is 124 cm³/mol. The van der Waals surface area contributed by atoms with E-state index in [2.05, 4.69) is 46.4 Å². The van der Waals surface area contributed by atoms with Crippen molar-refractivity contribution in [3.8, 4) is 16.9 Å². The summed E-state index contributed by atoms with van der Waals surface area (Å²) in [5, 5.41) is 4.42. The highest BCUT2D eigenvalue weighted by Gasteiger charge is 2.23. The molecule has 4 rings (SSSR count). The average Bonchev–Trinajstić information content (AvgIpc) is 3.10. The molecule has 0 unspecified atom stereocenters. The molecule has 2 aromatic carbocycles. The summed E-state index contributed by atoms with van der Waals surface area (Å²) in [5.74, 6) is 1.01. The van der Waals surface area contributed by atoms with Gasteiger partial charge >= 0.3 is 0 Å². The quantitative estimate of drug-likeness (QED) is 0.609. The molecule has 6 heteroatoms. The van der Waals surface area contributed by atoms with Gasteiger partial charge < -0.3 is 14.5 Å². The van der Waals surface area contributed by atoms with Crippen LogP contribution in [0.25, 0.3) is 11.1 Å². The molecular weight excluding hydrogens is 388 g/mol. The number of rotatable bonds is 6. The monoisotopic (exact) mass is 418 g/mol. The number of hydrogen-bond donors (Lipinski definition) is 0. The van der Waals surface area contributed by atoms with E-state index in [1.165, 1.54) is 11.3 Å². The predicted octanol–water partition coefficient (Wildman–Crippen LogP) is 3.91. The van der Waals surface area contributed by atoms with Gasteiger partial charge in [-0.15, -0.1) is 0 Å². The molecule has 31 heavy (non-hydrogen) atoms. The highest BCUT2D eigenvalue weighted by Crippen LogP contribution is 2.33. The van der Waals surface area contributed by atoms with Gasteiger partial charge in [-0.2, -0.15) is 5.10 Å². The molecule has 0 aliphatic carbocycles. The molecule has 2 heterocycles. The van der Waals surface area contributed by atoms with E-state index in [0.29, 0.717) is 26.2 Å². The summed E-state index contributed by atoms with van der Waals surface area (Å²) in [6.45, 7) is 9.94. The van der Waals surface area contributed by atoms with E-state index in [0.717, 1.165) is 35.8 Å². The number of hydrogen-bond acceptors (Lipinski definition) is 4. The fourth-order valence-corrected chi connectivity index (χ4v) is 4.17. The van der Waals surface area contributed by atoms with Crippen LogP contribution in [0.4, 0.5) is 5.69 Å². The number of aryl methyl sites for hydroxylation is 2. The lowest BCUT2D eigenvalue weighted by molar-refractivity contribution is -0.132. The molecule has 0 saturated carbocycles. The molecule has 0 bridgehead atoms. The van der Waals surface area contributed by atoms with Crippen molar-refractivity contribution >= 4 is 11.6 Å². The van der Waals surface area contributed by atoms with Crippen LogP contribution in [0.5, 0.6) is 5.75 Å². The first-order valence-corrected chi connectivity index (χ1v) is 10.9. The van der Waals surface area contributed by atoms with Gasteiger partial charge in [0.15, 0.2) is 0 Å². The number of amides is 1. The van der Waals surface area contributed by atoms with Crippen molar-refractivity contribution in [1.82, 2.24) is 14.7 Å². The van der Waals surface area contributed by atoms with Gasteiger partial charge in [0.25, 0.3) is 0 Å². The van der Waals surface area contributed by atoms with Gasteiger partial charge in [0.1, 0.15) is 12.3 Å². The van der Waals surface area contributed by atoms with E-state index in [-0.39, 0.29) is 5.91 Å². The number of aromatic nitrogens is 2. The maximum atomic E-state index is 12.8. The fraction of sp³-hybridized carbons (Fsp3) is 0.360. The van der Waals surface area contributed by atoms with Crippen molar-refractivity contribution in [3.05, 3.63) is 66.0 Å². The van der Waals surface area contributed by atoms with Crippen LogP contribution >= 0.6 is 0 Å². The smallest absolute Gasteiger partial charge is 0.244 e. The molecule has 0 atom stereocenters. The second kappa shape index (κ2) is 9.25. The topological polar surface area (TPSA) is 50.6 Å². The summed E-state index contributed by atoms with van der Waals surface area (Å²) >= 11 is 0. The first-order chi connectivity index (χ1) is 15.0. The number of para-hydroxylation sites is 1. The lowest BCUT2D eigenvalue weighted by Crippen LogP contribution is -2.49. The fourth-order valence-electron chi connectivity index (χ4n) is 4.17. The van der Waals surface area contributed by atoms with Crippen LogP contribution in [0, 0.1) is 13.8 Å². The summed E-state index contributed by atoms with van der Waals surface area (Å²) in [4.78, 5) is 17.1. The zero-order chi connectivity index (χ0) is 21.8. The van der Waals surface area contributed by atoms with E-state index in [9.17, 15) is 4.79 Å². The average molecular weight is 419 g/mol. The molecule has 162 valence electrons. The van der Waals surface area contributed by atoms with Crippen LogP contribution in [0.15, 0.2) is 54.6 Å². The summed E-state index contributed by atoms with van der Waals surface area (Å²) in [6.07, 6.45) is 0. The number of ether oxygens (including phenoxy) is 1. The Bertz CT molecular complexity index is 1050. The molecule has 6 nitrogen and oxygen atoms in total. The van der Waals surface area contributed by atoms with Crippen molar-refractivity contribution in [1.29, 1.82) is 0 Å². The van der Waals surface area contributed by atoms with Gasteiger partial charge in [0.05, 0.1) is 12.3 Å². The van der Waals surface area contributed by atoms with Crippen LogP contribution in [-0.2, 0) is 11.3 Å². The SMILES string of the molecule is CCOc1cccc(-c2ccccc2N2CCN(C(=O)Cn3nc(C)cc3C)CC2)c1. The van der Waals surface area contributed by atoms with Crippen LogP contribution in [0.2, 0.25) is 0 Å². The first-order valence-electron chi connectivity index (χ1n) is 10.9. The Morgan fingerprint density at radius 3 is 2.48 bits per heavy atom. The second-order valence-corrected chi connectivity index (χ2v) is 7.93. The lowest BCUT2D eigenvalue weighted by Gasteiger charge is -2.37. The second-order valence-electron chi connectivity index (χ2n) is 7.93. The molecule has 3 aromatic rings. The standard InChI is InChI=1S/C25H30N4O2/c1-4-31-22-9-7-8-21(17-22)23-10-5-6-11-24(23)27-12-14-28(15-13-27)25(30)18-29-20(3)16-19(2)26-29/h5-11,16-17H,4,12-15,18H2,1-3H3. The normalized spacial score (nSPS) is 14.0. The first kappa shape index (κ1) is 21.0. The van der Waals surface area contributed by atoms with Crippen molar-refractivity contribution in [2.45, 2.75) is 27.3 Å². The Kier molecular flexibility index (Phi) is 6.26. The summed E-state index contributed by atoms with van der Waals surface area (Å²) < 4.78 is 7.48. The molecule has 0 N–H and O–H groups in total. The minimum Gasteiger partial charge on any atom is -0.494 e. The lowest BCUT2D eigenvalue weighted by atomic mass is 10.0. The third-order valence-electron chi connectivity index (χ3n) is 5.72. The highest BCUT2D eigenvalue weighted by atomic mass is 16.5. The zero-order valence-electron chi connectivity index (χ0n) is 18.5. The number of carbonyl (C=O) groups is 1. The van der Waals surface area contributed by atoms with E-state index in [1.54, 1.807) is 4.68 Å². The Hall–Kier alpha value is -3.28. The van der Waals surface area contributed by atoms with Crippen LogP contribution in [0.3, 0.4) is 0 Å². The molecule has 1 saturated heterocycles. The summed E-state index contributed by atoms with van der Waals surface area (Å²) in [5.41, 5.74) is 5.49. The highest BCUT2D eigenvalue weighted by molar-refractivity contribution is 5.80. The Morgan fingerprint density at radius 2 is 1.77 bits per heavy atom. The van der Waals surface area contributed by atoms with Crippen molar-refractivity contribution in [3.63, 3.8) is 0 Å². The van der Waals surface area contributed by atoms with Gasteiger partial charge in [-0.05, 0) is 50.6 Å². The third kappa shape index (κ3) is 4.74. The molecule has 0 spiro atoms. The Morgan fingerprint density at radius 1 is 1.00 bits per heavy atom. The molecule has 1 aliphatic rings. The van der Waals surface area contributed by atoms with Crippen LogP contribution in [0.1, 0.15) is 18.3 Å². The molecule has 0 radical (unpaired) electrons. The van der Waals surface area contributed by atoms with Gasteiger partial charge in [-0.3, -0.25) is 9.48 Å². The van der Waals surface area contributed by atoms with E-state index >= 15 is 0 Å². The minimum absolute atomic E-state index is 0.128. The Labute approximate surface area is 184 Å². The molecule has 1 aromatic heterocycles. The van der Waals surface area contributed by atoms with Crippen molar-refractivity contribution in [2.75, 3.05) is 37.7 Å². The zero-order valence-corrected chi connectivity index (χ0v) is 18.5. The number of carbonyl (C=O) groups excluding carboxylic acids is 1. The molecule has 1 fully saturated rings. The van der Waals surface area contributed by atoms with Crippen LogP contribution in [-0.4, -0.2) is 53.4 Å². The van der Waals surface area contributed by atoms with E-state index < -0.39 is 0 Å². The maximum absolute atomic E-state index is 12.8. The van der Waals surface area contributed by atoms with Gasteiger partial charge in [0, 0.05) is 43.1 Å². The van der Waals surface area contributed by atoms with Crippen molar-refractivity contribution in [2.24, 2.45) is 0 Å². The number of anilines is 1. The van der Waals surface area contributed by atoms with E-state index in [4.69, 9.17) is 4.74 Å². The number of nitrogens with zero attached hydrogens (tertiary/aromatic N) is 4. The van der Waals surface area contributed by atoms with Gasteiger partial charge in [-0.1, -0.05) is 30.3 Å². The number of piperazine rings is 1.